The van der Waals surface area contributed by atoms with Gasteiger partial charge < -0.3 is 24.2 Å². The molecule has 11 nitrogen and oxygen atoms in total. The van der Waals surface area contributed by atoms with Crippen LogP contribution >= 0.6 is 0 Å². The molecule has 46 heavy (non-hydrogen) atoms. The zero-order chi connectivity index (χ0) is 33.3. The molecule has 0 aromatic heterocycles. The quantitative estimate of drug-likeness (QED) is 0.268. The van der Waals surface area contributed by atoms with Gasteiger partial charge in [-0.1, -0.05) is 43.2 Å². The number of nitrogens with zero attached hydrogens (tertiary/aromatic N) is 2. The van der Waals surface area contributed by atoms with Gasteiger partial charge >= 0.3 is 11.9 Å². The maximum atomic E-state index is 13.9. The van der Waals surface area contributed by atoms with E-state index in [1.807, 2.05) is 30.3 Å². The molecule has 0 radical (unpaired) electrons. The summed E-state index contributed by atoms with van der Waals surface area (Å²) in [6, 6.07) is 15.6. The number of rotatable bonds is 16. The molecule has 1 saturated heterocycles. The van der Waals surface area contributed by atoms with E-state index < -0.39 is 40.1 Å². The Labute approximate surface area is 271 Å². The summed E-state index contributed by atoms with van der Waals surface area (Å²) >= 11 is 0. The zero-order valence-electron chi connectivity index (χ0n) is 26.9. The monoisotopic (exact) mass is 658 g/mol. The van der Waals surface area contributed by atoms with Crippen LogP contribution in [0.25, 0.3) is 0 Å². The minimum absolute atomic E-state index is 0.0612. The maximum absolute atomic E-state index is 13.9. The van der Waals surface area contributed by atoms with Gasteiger partial charge in [-0.05, 0) is 67.9 Å². The maximum Gasteiger partial charge on any atom is 0.303 e. The normalized spacial score (nSPS) is 20.1. The molecule has 12 heteroatoms. The van der Waals surface area contributed by atoms with E-state index in [4.69, 9.17) is 14.2 Å². The van der Waals surface area contributed by atoms with Gasteiger partial charge in [-0.3, -0.25) is 14.4 Å². The van der Waals surface area contributed by atoms with E-state index in [0.717, 1.165) is 31.2 Å². The molecule has 1 aliphatic heterocycles. The van der Waals surface area contributed by atoms with Crippen LogP contribution < -0.4 is 4.74 Å². The third-order valence-corrected chi connectivity index (χ3v) is 10.6. The van der Waals surface area contributed by atoms with Gasteiger partial charge in [-0.25, -0.2) is 8.42 Å². The van der Waals surface area contributed by atoms with Gasteiger partial charge in [0.2, 0.25) is 15.9 Å². The molecule has 4 atom stereocenters. The van der Waals surface area contributed by atoms with E-state index in [1.165, 1.54) is 37.4 Å². The van der Waals surface area contributed by atoms with Crippen molar-refractivity contribution in [3.8, 4) is 5.75 Å². The topological polar surface area (TPSA) is 140 Å². The first-order valence-electron chi connectivity index (χ1n) is 15.9. The summed E-state index contributed by atoms with van der Waals surface area (Å²) in [5.41, 5.74) is 1.02. The SMILES string of the molecule is COc1ccc(S(=O)(=O)N(CC(O)CN2C(=O)C(CC(COC(C)=O)OC(C)=O)C[C@@H]2Cc2ccccc2)CC2CCCC2)cc1. The van der Waals surface area contributed by atoms with Crippen LogP contribution in [0.5, 0.6) is 5.75 Å². The Bertz CT molecular complexity index is 1410. The predicted molar refractivity (Wildman–Crippen MR) is 170 cm³/mol. The number of carbonyl (C=O) groups excluding carboxylic acids is 3. The molecule has 0 bridgehead atoms. The number of carbonyl (C=O) groups is 3. The summed E-state index contributed by atoms with van der Waals surface area (Å²) in [6.07, 6.45) is 3.11. The van der Waals surface area contributed by atoms with Crippen molar-refractivity contribution < 1.29 is 42.1 Å². The largest absolute Gasteiger partial charge is 0.497 e. The Morgan fingerprint density at radius 1 is 1.02 bits per heavy atom. The first-order valence-corrected chi connectivity index (χ1v) is 17.4. The molecule has 2 aromatic rings. The Morgan fingerprint density at radius 3 is 2.30 bits per heavy atom. The van der Waals surface area contributed by atoms with Gasteiger partial charge in [0.1, 0.15) is 18.5 Å². The molecule has 1 N–H and O–H groups in total. The molecule has 2 aliphatic rings. The van der Waals surface area contributed by atoms with Gasteiger partial charge in [0.25, 0.3) is 0 Å². The number of ether oxygens (including phenoxy) is 3. The lowest BCUT2D eigenvalue weighted by Gasteiger charge is -2.31. The van der Waals surface area contributed by atoms with Crippen LogP contribution in [0, 0.1) is 11.8 Å². The van der Waals surface area contributed by atoms with Crippen LogP contribution in [0.3, 0.4) is 0 Å². The second-order valence-corrected chi connectivity index (χ2v) is 14.3. The fourth-order valence-electron chi connectivity index (χ4n) is 6.57. The van der Waals surface area contributed by atoms with Gasteiger partial charge in [0.15, 0.2) is 0 Å². The van der Waals surface area contributed by atoms with Crippen LogP contribution in [0.15, 0.2) is 59.5 Å². The number of amides is 1. The molecular weight excluding hydrogens is 612 g/mol. The lowest BCUT2D eigenvalue weighted by Crippen LogP contribution is -2.47. The Kier molecular flexibility index (Phi) is 12.6. The van der Waals surface area contributed by atoms with Crippen molar-refractivity contribution in [1.29, 1.82) is 0 Å². The van der Waals surface area contributed by atoms with Gasteiger partial charge in [0.05, 0.1) is 18.1 Å². The lowest BCUT2D eigenvalue weighted by molar-refractivity contribution is -0.158. The molecular formula is C34H46N2O9S. The average Bonchev–Trinajstić information content (AvgIpc) is 3.64. The smallest absolute Gasteiger partial charge is 0.303 e. The molecule has 2 aromatic carbocycles. The van der Waals surface area contributed by atoms with Gasteiger partial charge in [0, 0.05) is 45.4 Å². The molecule has 252 valence electrons. The number of β-amino-alcohol motifs (C(OH)–C–C–N with tert-alkyl or cyclic N) is 1. The van der Waals surface area contributed by atoms with Crippen LogP contribution in [-0.4, -0.2) is 92.2 Å². The third kappa shape index (κ3) is 9.76. The van der Waals surface area contributed by atoms with Crippen molar-refractivity contribution >= 4 is 27.9 Å². The summed E-state index contributed by atoms with van der Waals surface area (Å²) in [6.45, 7) is 2.42. The number of hydrogen-bond acceptors (Lipinski definition) is 9. The fraction of sp³-hybridized carbons (Fsp3) is 0.559. The molecule has 3 unspecified atom stereocenters. The van der Waals surface area contributed by atoms with Crippen molar-refractivity contribution in [3.05, 3.63) is 60.2 Å². The molecule has 1 amide bonds. The molecule has 4 rings (SSSR count). The van der Waals surface area contributed by atoms with E-state index >= 15 is 0 Å². The third-order valence-electron chi connectivity index (χ3n) is 8.75. The molecule has 1 aliphatic carbocycles. The first-order chi connectivity index (χ1) is 22.0. The van der Waals surface area contributed by atoms with Crippen LogP contribution in [-0.2, 0) is 40.3 Å². The Morgan fingerprint density at radius 2 is 1.70 bits per heavy atom. The number of sulfonamides is 1. The Hall–Kier alpha value is -3.48. The van der Waals surface area contributed by atoms with Crippen LogP contribution in [0.4, 0.5) is 0 Å². The van der Waals surface area contributed by atoms with E-state index in [0.29, 0.717) is 18.6 Å². The van der Waals surface area contributed by atoms with E-state index in [9.17, 15) is 27.9 Å². The summed E-state index contributed by atoms with van der Waals surface area (Å²) in [5.74, 6) is -1.10. The van der Waals surface area contributed by atoms with Crippen molar-refractivity contribution in [2.45, 2.75) is 81.9 Å². The molecule has 0 spiro atoms. The standard InChI is InChI=1S/C34H46N2O9S/c1-24(37)44-23-32(45-25(2)38)19-28-18-29(17-26-9-5-4-6-10-26)36(34(28)40)22-30(39)21-35(20-27-11-7-8-12-27)46(41,42)33-15-13-31(43-3)14-16-33/h4-6,9-10,13-16,27-30,32,39H,7-8,11-12,17-23H2,1-3H3/t28?,29-,30?,32?/m0/s1. The number of esters is 2. The summed E-state index contributed by atoms with van der Waals surface area (Å²) in [5, 5.41) is 11.4. The van der Waals surface area contributed by atoms with Crippen molar-refractivity contribution in [2.75, 3.05) is 33.4 Å². The minimum Gasteiger partial charge on any atom is -0.497 e. The highest BCUT2D eigenvalue weighted by Crippen LogP contribution is 2.33. The van der Waals surface area contributed by atoms with Crippen molar-refractivity contribution in [3.63, 3.8) is 0 Å². The second kappa shape index (κ2) is 16.4. The van der Waals surface area contributed by atoms with E-state index in [-0.39, 0.29) is 55.4 Å². The van der Waals surface area contributed by atoms with Crippen molar-refractivity contribution in [1.82, 2.24) is 9.21 Å². The van der Waals surface area contributed by atoms with Crippen LogP contribution in [0.2, 0.25) is 0 Å². The molecule has 2 fully saturated rings. The second-order valence-electron chi connectivity index (χ2n) is 12.3. The first kappa shape index (κ1) is 35.4. The Balaban J connectivity index is 1.54. The zero-order valence-corrected chi connectivity index (χ0v) is 27.7. The van der Waals surface area contributed by atoms with Crippen LogP contribution in [0.1, 0.15) is 57.9 Å². The number of aliphatic hydroxyl groups is 1. The van der Waals surface area contributed by atoms with Crippen molar-refractivity contribution in [2.24, 2.45) is 11.8 Å². The van der Waals surface area contributed by atoms with Gasteiger partial charge in [-0.2, -0.15) is 4.31 Å². The van der Waals surface area contributed by atoms with E-state index in [1.54, 1.807) is 17.0 Å². The predicted octanol–water partition coefficient (Wildman–Crippen LogP) is 3.58. The lowest BCUT2D eigenvalue weighted by atomic mass is 9.95. The number of benzene rings is 2. The molecule has 1 saturated carbocycles. The number of hydrogen-bond donors (Lipinski definition) is 1. The average molecular weight is 659 g/mol. The number of likely N-dealkylation sites (tertiary alicyclic amines) is 1. The minimum atomic E-state index is -3.94. The highest BCUT2D eigenvalue weighted by molar-refractivity contribution is 7.89. The fourth-order valence-corrected chi connectivity index (χ4v) is 8.12. The highest BCUT2D eigenvalue weighted by atomic mass is 32.2. The highest BCUT2D eigenvalue weighted by Gasteiger charge is 2.42. The number of aliphatic hydroxyl groups excluding tert-OH is 1. The summed E-state index contributed by atoms with van der Waals surface area (Å²) < 4.78 is 44.7. The summed E-state index contributed by atoms with van der Waals surface area (Å²) in [4.78, 5) is 38.8. The van der Waals surface area contributed by atoms with E-state index in [2.05, 4.69) is 0 Å². The van der Waals surface area contributed by atoms with Gasteiger partial charge in [-0.15, -0.1) is 0 Å². The number of methoxy groups -OCH3 is 1. The summed E-state index contributed by atoms with van der Waals surface area (Å²) in [7, 11) is -2.43. The molecule has 1 heterocycles.